The predicted molar refractivity (Wildman–Crippen MR) is 111 cm³/mol. The second kappa shape index (κ2) is 7.60. The molecule has 0 unspecified atom stereocenters. The van der Waals surface area contributed by atoms with Crippen molar-refractivity contribution < 1.29 is 4.79 Å². The molecule has 0 radical (unpaired) electrons. The molecule has 1 N–H and O–H groups in total. The van der Waals surface area contributed by atoms with Crippen LogP contribution in [0.1, 0.15) is 42.0 Å². The lowest BCUT2D eigenvalue weighted by molar-refractivity contribution is -0.121. The first-order valence-corrected chi connectivity index (χ1v) is 9.72. The highest BCUT2D eigenvalue weighted by molar-refractivity contribution is 6.30. The zero-order valence-corrected chi connectivity index (χ0v) is 16.6. The molecule has 2 heterocycles. The van der Waals surface area contributed by atoms with Gasteiger partial charge in [-0.05, 0) is 43.2 Å². The lowest BCUT2D eigenvalue weighted by Crippen LogP contribution is -2.24. The second-order valence-corrected chi connectivity index (χ2v) is 7.25. The summed E-state index contributed by atoms with van der Waals surface area (Å²) in [4.78, 5) is 12.4. The number of allylic oxidation sites excluding steroid dienone is 1. The van der Waals surface area contributed by atoms with Crippen LogP contribution < -0.4 is 5.32 Å². The fourth-order valence-electron chi connectivity index (χ4n) is 3.68. The smallest absolute Gasteiger partial charge is 0.221 e. The molecule has 0 spiro atoms. The van der Waals surface area contributed by atoms with Crippen molar-refractivity contribution in [2.75, 3.05) is 6.54 Å². The number of hydrogen-bond acceptors (Lipinski definition) is 3. The summed E-state index contributed by atoms with van der Waals surface area (Å²) in [6.45, 7) is 4.46. The van der Waals surface area contributed by atoms with Crippen LogP contribution in [0.3, 0.4) is 0 Å². The van der Waals surface area contributed by atoms with Crippen molar-refractivity contribution in [3.63, 3.8) is 0 Å². The zero-order valence-electron chi connectivity index (χ0n) is 15.8. The summed E-state index contributed by atoms with van der Waals surface area (Å²) in [5, 5.41) is 12.3. The quantitative estimate of drug-likeness (QED) is 0.720. The van der Waals surface area contributed by atoms with Crippen molar-refractivity contribution in [1.29, 1.82) is 0 Å². The third-order valence-corrected chi connectivity index (χ3v) is 5.17. The van der Waals surface area contributed by atoms with Crippen molar-refractivity contribution in [3.8, 4) is 5.69 Å². The average molecular weight is 393 g/mol. The maximum Gasteiger partial charge on any atom is 0.221 e. The highest BCUT2D eigenvalue weighted by Crippen LogP contribution is 2.38. The number of halogens is 1. The molecule has 4 rings (SSSR count). The predicted octanol–water partition coefficient (Wildman–Crippen LogP) is 4.28. The van der Waals surface area contributed by atoms with Gasteiger partial charge in [0.15, 0.2) is 0 Å². The Balaban J connectivity index is 1.92. The number of rotatable bonds is 4. The molecule has 0 fully saturated rings. The number of aromatic nitrogens is 3. The van der Waals surface area contributed by atoms with Gasteiger partial charge in [-0.1, -0.05) is 48.0 Å². The molecule has 2 aromatic carbocycles. The van der Waals surface area contributed by atoms with Gasteiger partial charge in [0, 0.05) is 29.5 Å². The number of aryl methyl sites for hydroxylation is 1. The summed E-state index contributed by atoms with van der Waals surface area (Å²) in [6.07, 6.45) is 2.45. The minimum atomic E-state index is -0.189. The number of nitrogens with one attached hydrogen (secondary N) is 1. The molecule has 1 atom stereocenters. The number of carbonyl (C=O) groups excluding carboxylic acids is 1. The number of carbonyl (C=O) groups is 1. The van der Waals surface area contributed by atoms with Crippen molar-refractivity contribution in [1.82, 2.24) is 20.1 Å². The van der Waals surface area contributed by atoms with Gasteiger partial charge < -0.3 is 5.32 Å². The fourth-order valence-corrected chi connectivity index (χ4v) is 3.80. The highest BCUT2D eigenvalue weighted by Gasteiger charge is 2.28. The summed E-state index contributed by atoms with van der Waals surface area (Å²) in [5.74, 6) is 1.39. The first-order chi connectivity index (χ1) is 13.6. The molecule has 28 heavy (non-hydrogen) atoms. The standard InChI is InChI=1S/C22H21ClN4O/c1-3-24-21(28)13-16-12-19(15-8-10-17(23)11-9-15)18-6-4-5-7-20(18)27-14(2)25-26-22(16)27/h4-12,16H,3,13H2,1-2H3,(H,24,28)/t16-/m1/s1. The van der Waals surface area contributed by atoms with Crippen LogP contribution in [0.4, 0.5) is 0 Å². The van der Waals surface area contributed by atoms with E-state index in [0.29, 0.717) is 18.0 Å². The van der Waals surface area contributed by atoms with Crippen LogP contribution >= 0.6 is 11.6 Å². The van der Waals surface area contributed by atoms with Gasteiger partial charge in [0.2, 0.25) is 5.91 Å². The highest BCUT2D eigenvalue weighted by atomic mass is 35.5. The molecule has 0 bridgehead atoms. The molecule has 1 aliphatic heterocycles. The largest absolute Gasteiger partial charge is 0.356 e. The molecule has 6 heteroatoms. The molecule has 3 aromatic rings. The topological polar surface area (TPSA) is 59.8 Å². The third kappa shape index (κ3) is 3.34. The molecule has 0 saturated heterocycles. The van der Waals surface area contributed by atoms with Gasteiger partial charge in [-0.2, -0.15) is 0 Å². The molecule has 5 nitrogen and oxygen atoms in total. The number of amides is 1. The zero-order chi connectivity index (χ0) is 19.7. The van der Waals surface area contributed by atoms with Crippen LogP contribution in [-0.4, -0.2) is 27.2 Å². The van der Waals surface area contributed by atoms with Crippen LogP contribution in [0.25, 0.3) is 11.3 Å². The van der Waals surface area contributed by atoms with E-state index in [0.717, 1.165) is 34.0 Å². The normalized spacial score (nSPS) is 15.2. The maximum atomic E-state index is 12.4. The Bertz CT molecular complexity index is 1050. The van der Waals surface area contributed by atoms with E-state index in [2.05, 4.69) is 38.3 Å². The fraction of sp³-hybridized carbons (Fsp3) is 0.227. The summed E-state index contributed by atoms with van der Waals surface area (Å²) >= 11 is 6.10. The Morgan fingerprint density at radius 3 is 2.64 bits per heavy atom. The molecule has 1 amide bonds. The Hall–Kier alpha value is -2.92. The van der Waals surface area contributed by atoms with Crippen LogP contribution in [0, 0.1) is 6.92 Å². The SMILES string of the molecule is CCNC(=O)C[C@H]1C=C(c2ccc(Cl)cc2)c2ccccc2-n2c(C)nnc21. The van der Waals surface area contributed by atoms with E-state index in [9.17, 15) is 4.79 Å². The van der Waals surface area contributed by atoms with E-state index in [1.54, 1.807) is 0 Å². The number of para-hydroxylation sites is 1. The van der Waals surface area contributed by atoms with Crippen LogP contribution in [0.2, 0.25) is 5.02 Å². The van der Waals surface area contributed by atoms with Gasteiger partial charge in [-0.15, -0.1) is 10.2 Å². The first kappa shape index (κ1) is 18.4. The number of hydrogen-bond donors (Lipinski definition) is 1. The third-order valence-electron chi connectivity index (χ3n) is 4.92. The van der Waals surface area contributed by atoms with Gasteiger partial charge in [0.25, 0.3) is 0 Å². The molecule has 142 valence electrons. The Morgan fingerprint density at radius 2 is 1.89 bits per heavy atom. The lowest BCUT2D eigenvalue weighted by Gasteiger charge is -2.13. The number of benzene rings is 2. The van der Waals surface area contributed by atoms with Gasteiger partial charge >= 0.3 is 0 Å². The maximum absolute atomic E-state index is 12.4. The van der Waals surface area contributed by atoms with Gasteiger partial charge in [-0.25, -0.2) is 0 Å². The monoisotopic (exact) mass is 392 g/mol. The summed E-state index contributed by atoms with van der Waals surface area (Å²) in [7, 11) is 0. The lowest BCUT2D eigenvalue weighted by atomic mass is 9.92. The molecular formula is C22H21ClN4O. The van der Waals surface area contributed by atoms with Crippen molar-refractivity contribution in [3.05, 3.63) is 82.4 Å². The molecule has 1 aromatic heterocycles. The van der Waals surface area contributed by atoms with E-state index < -0.39 is 0 Å². The minimum Gasteiger partial charge on any atom is -0.356 e. The van der Waals surface area contributed by atoms with E-state index in [4.69, 9.17) is 11.6 Å². The van der Waals surface area contributed by atoms with Crippen molar-refractivity contribution in [2.24, 2.45) is 0 Å². The van der Waals surface area contributed by atoms with E-state index in [1.807, 2.05) is 50.2 Å². The van der Waals surface area contributed by atoms with Crippen molar-refractivity contribution >= 4 is 23.1 Å². The summed E-state index contributed by atoms with van der Waals surface area (Å²) < 4.78 is 2.05. The van der Waals surface area contributed by atoms with E-state index in [1.165, 1.54) is 0 Å². The molecule has 0 saturated carbocycles. The number of fused-ring (bicyclic) bond motifs is 3. The van der Waals surface area contributed by atoms with Crippen LogP contribution in [-0.2, 0) is 4.79 Å². The van der Waals surface area contributed by atoms with E-state index >= 15 is 0 Å². The van der Waals surface area contributed by atoms with E-state index in [-0.39, 0.29) is 11.8 Å². The van der Waals surface area contributed by atoms with Crippen LogP contribution in [0.5, 0.6) is 0 Å². The summed E-state index contributed by atoms with van der Waals surface area (Å²) in [5.41, 5.74) is 4.20. The Kier molecular flexibility index (Phi) is 5.01. The Labute approximate surface area is 169 Å². The molecule has 1 aliphatic rings. The Morgan fingerprint density at radius 1 is 1.14 bits per heavy atom. The van der Waals surface area contributed by atoms with Gasteiger partial charge in [-0.3, -0.25) is 9.36 Å². The van der Waals surface area contributed by atoms with Crippen LogP contribution in [0.15, 0.2) is 54.6 Å². The number of nitrogens with zero attached hydrogens (tertiary/aromatic N) is 3. The van der Waals surface area contributed by atoms with Gasteiger partial charge in [0.1, 0.15) is 11.6 Å². The molecule has 0 aliphatic carbocycles. The summed E-state index contributed by atoms with van der Waals surface area (Å²) in [6, 6.07) is 16.0. The average Bonchev–Trinajstić information content (AvgIpc) is 3.01. The van der Waals surface area contributed by atoms with Gasteiger partial charge in [0.05, 0.1) is 5.69 Å². The van der Waals surface area contributed by atoms with Crippen molar-refractivity contribution in [2.45, 2.75) is 26.2 Å². The second-order valence-electron chi connectivity index (χ2n) is 6.81. The first-order valence-electron chi connectivity index (χ1n) is 9.34. The minimum absolute atomic E-state index is 0.00244. The molecular weight excluding hydrogens is 372 g/mol.